The van der Waals surface area contributed by atoms with Crippen molar-refractivity contribution in [2.24, 2.45) is 0 Å². The van der Waals surface area contributed by atoms with Gasteiger partial charge in [0.05, 0.1) is 25.6 Å². The number of para-hydroxylation sites is 2. The van der Waals surface area contributed by atoms with Gasteiger partial charge in [0, 0.05) is 6.07 Å². The Hall–Kier alpha value is -3.35. The molecule has 0 saturated heterocycles. The van der Waals surface area contributed by atoms with E-state index in [1.807, 2.05) is 24.3 Å². The van der Waals surface area contributed by atoms with E-state index in [0.29, 0.717) is 23.9 Å². The van der Waals surface area contributed by atoms with Gasteiger partial charge in [-0.15, -0.1) is 0 Å². The zero-order chi connectivity index (χ0) is 16.8. The number of furan rings is 1. The summed E-state index contributed by atoms with van der Waals surface area (Å²) in [6.07, 6.45) is 2.89. The number of nitrogens with one attached hydrogen (secondary N) is 2. The van der Waals surface area contributed by atoms with E-state index in [2.05, 4.69) is 20.6 Å². The van der Waals surface area contributed by atoms with Crippen molar-refractivity contribution < 1.29 is 13.9 Å². The van der Waals surface area contributed by atoms with Crippen molar-refractivity contribution in [3.63, 3.8) is 0 Å². The summed E-state index contributed by atoms with van der Waals surface area (Å²) in [6, 6.07) is 12.6. The molecule has 0 spiro atoms. The van der Waals surface area contributed by atoms with Gasteiger partial charge in [-0.1, -0.05) is 12.1 Å². The Labute approximate surface area is 138 Å². The number of aromatic nitrogens is 2. The minimum Gasteiger partial charge on any atom is -0.495 e. The number of carbonyl (C=O) groups excluding carboxylic acids is 1. The van der Waals surface area contributed by atoms with Crippen LogP contribution in [-0.2, 0) is 6.54 Å². The van der Waals surface area contributed by atoms with E-state index in [0.717, 1.165) is 5.69 Å². The van der Waals surface area contributed by atoms with Crippen molar-refractivity contribution in [1.82, 2.24) is 15.3 Å². The van der Waals surface area contributed by atoms with Crippen LogP contribution in [-0.4, -0.2) is 23.0 Å². The lowest BCUT2D eigenvalue weighted by atomic mass is 10.3. The Morgan fingerprint density at radius 2 is 2.08 bits per heavy atom. The molecule has 122 valence electrons. The molecule has 3 rings (SSSR count). The van der Waals surface area contributed by atoms with Gasteiger partial charge in [0.1, 0.15) is 29.3 Å². The van der Waals surface area contributed by atoms with Crippen molar-refractivity contribution in [3.05, 3.63) is 66.5 Å². The molecule has 0 bridgehead atoms. The van der Waals surface area contributed by atoms with Crippen LogP contribution < -0.4 is 15.4 Å². The molecule has 0 aliphatic carbocycles. The number of hydrogen-bond acceptors (Lipinski definition) is 6. The smallest absolute Gasteiger partial charge is 0.270 e. The molecule has 2 N–H and O–H groups in total. The van der Waals surface area contributed by atoms with Crippen LogP contribution in [0.2, 0.25) is 0 Å². The maximum absolute atomic E-state index is 12.2. The highest BCUT2D eigenvalue weighted by Gasteiger charge is 2.10. The average molecular weight is 324 g/mol. The number of methoxy groups -OCH3 is 1. The van der Waals surface area contributed by atoms with Crippen LogP contribution in [0.4, 0.5) is 11.5 Å². The molecule has 2 heterocycles. The van der Waals surface area contributed by atoms with E-state index < -0.39 is 0 Å². The van der Waals surface area contributed by atoms with Crippen LogP contribution in [0.25, 0.3) is 0 Å². The molecule has 1 aromatic carbocycles. The van der Waals surface area contributed by atoms with Crippen LogP contribution in [0.3, 0.4) is 0 Å². The van der Waals surface area contributed by atoms with Crippen molar-refractivity contribution in [3.8, 4) is 5.75 Å². The van der Waals surface area contributed by atoms with Gasteiger partial charge >= 0.3 is 0 Å². The van der Waals surface area contributed by atoms with Gasteiger partial charge in [-0.2, -0.15) is 0 Å². The molecule has 1 amide bonds. The SMILES string of the molecule is COc1ccccc1Nc1cc(C(=O)NCc2ccco2)ncn1. The van der Waals surface area contributed by atoms with E-state index in [1.165, 1.54) is 6.33 Å². The first-order valence-electron chi connectivity index (χ1n) is 7.29. The van der Waals surface area contributed by atoms with Gasteiger partial charge in [0.25, 0.3) is 5.91 Å². The molecule has 0 saturated carbocycles. The Balaban J connectivity index is 1.70. The zero-order valence-electron chi connectivity index (χ0n) is 13.0. The monoisotopic (exact) mass is 324 g/mol. The van der Waals surface area contributed by atoms with Crippen LogP contribution in [0.1, 0.15) is 16.2 Å². The molecule has 7 nitrogen and oxygen atoms in total. The molecule has 2 aromatic heterocycles. The lowest BCUT2D eigenvalue weighted by Crippen LogP contribution is -2.23. The van der Waals surface area contributed by atoms with Gasteiger partial charge in [-0.3, -0.25) is 4.79 Å². The first-order chi connectivity index (χ1) is 11.8. The third-order valence-electron chi connectivity index (χ3n) is 3.27. The molecule has 0 fully saturated rings. The number of nitrogens with zero attached hydrogens (tertiary/aromatic N) is 2. The number of carbonyl (C=O) groups is 1. The first kappa shape index (κ1) is 15.5. The second kappa shape index (κ2) is 7.28. The Kier molecular flexibility index (Phi) is 4.71. The number of anilines is 2. The van der Waals surface area contributed by atoms with Gasteiger partial charge in [0.15, 0.2) is 0 Å². The normalized spacial score (nSPS) is 10.2. The maximum atomic E-state index is 12.2. The fraction of sp³-hybridized carbons (Fsp3) is 0.118. The third-order valence-corrected chi connectivity index (χ3v) is 3.27. The Morgan fingerprint density at radius 1 is 1.21 bits per heavy atom. The lowest BCUT2D eigenvalue weighted by Gasteiger charge is -2.10. The van der Waals surface area contributed by atoms with E-state index in [9.17, 15) is 4.79 Å². The predicted octanol–water partition coefficient (Wildman–Crippen LogP) is 2.75. The molecule has 7 heteroatoms. The molecule has 3 aromatic rings. The number of benzene rings is 1. The lowest BCUT2D eigenvalue weighted by molar-refractivity contribution is 0.0943. The van der Waals surface area contributed by atoms with E-state index in [1.54, 1.807) is 31.6 Å². The maximum Gasteiger partial charge on any atom is 0.270 e. The summed E-state index contributed by atoms with van der Waals surface area (Å²) in [4.78, 5) is 20.3. The summed E-state index contributed by atoms with van der Waals surface area (Å²) >= 11 is 0. The zero-order valence-corrected chi connectivity index (χ0v) is 13.0. The molecule has 24 heavy (non-hydrogen) atoms. The fourth-order valence-electron chi connectivity index (χ4n) is 2.11. The highest BCUT2D eigenvalue weighted by molar-refractivity contribution is 5.92. The van der Waals surface area contributed by atoms with E-state index >= 15 is 0 Å². The Morgan fingerprint density at radius 3 is 2.88 bits per heavy atom. The van der Waals surface area contributed by atoms with Crippen LogP contribution in [0.5, 0.6) is 5.75 Å². The van der Waals surface area contributed by atoms with Gasteiger partial charge < -0.3 is 19.8 Å². The minimum atomic E-state index is -0.308. The Bertz CT molecular complexity index is 818. The van der Waals surface area contributed by atoms with Gasteiger partial charge in [-0.05, 0) is 24.3 Å². The number of hydrogen-bond donors (Lipinski definition) is 2. The molecule has 0 unspecified atom stereocenters. The van der Waals surface area contributed by atoms with Gasteiger partial charge in [0.2, 0.25) is 0 Å². The minimum absolute atomic E-state index is 0.258. The summed E-state index contributed by atoms with van der Waals surface area (Å²) in [5.74, 6) is 1.54. The van der Waals surface area contributed by atoms with Crippen LogP contribution in [0.15, 0.2) is 59.5 Å². The number of amides is 1. The summed E-state index contributed by atoms with van der Waals surface area (Å²) in [5.41, 5.74) is 1.01. The molecule has 0 atom stereocenters. The molecular formula is C17H16N4O3. The highest BCUT2D eigenvalue weighted by atomic mass is 16.5. The first-order valence-corrected chi connectivity index (χ1v) is 7.29. The quantitative estimate of drug-likeness (QED) is 0.725. The third kappa shape index (κ3) is 3.70. The predicted molar refractivity (Wildman–Crippen MR) is 88.2 cm³/mol. The second-order valence-corrected chi connectivity index (χ2v) is 4.88. The highest BCUT2D eigenvalue weighted by Crippen LogP contribution is 2.26. The van der Waals surface area contributed by atoms with Crippen molar-refractivity contribution in [2.75, 3.05) is 12.4 Å². The van der Waals surface area contributed by atoms with E-state index in [-0.39, 0.29) is 11.6 Å². The number of rotatable bonds is 6. The molecule has 0 aliphatic heterocycles. The summed E-state index contributed by atoms with van der Waals surface area (Å²) in [6.45, 7) is 0.297. The van der Waals surface area contributed by atoms with Crippen molar-refractivity contribution in [2.45, 2.75) is 6.54 Å². The fourth-order valence-corrected chi connectivity index (χ4v) is 2.11. The largest absolute Gasteiger partial charge is 0.495 e. The van der Waals surface area contributed by atoms with Crippen molar-refractivity contribution >= 4 is 17.4 Å². The van der Waals surface area contributed by atoms with Crippen molar-refractivity contribution in [1.29, 1.82) is 0 Å². The topological polar surface area (TPSA) is 89.3 Å². The van der Waals surface area contributed by atoms with Crippen LogP contribution in [0, 0.1) is 0 Å². The second-order valence-electron chi connectivity index (χ2n) is 4.88. The summed E-state index contributed by atoms with van der Waals surface area (Å²) in [5, 5.41) is 5.85. The summed E-state index contributed by atoms with van der Waals surface area (Å²) in [7, 11) is 1.59. The summed E-state index contributed by atoms with van der Waals surface area (Å²) < 4.78 is 10.5. The van der Waals surface area contributed by atoms with Gasteiger partial charge in [-0.25, -0.2) is 9.97 Å². The van der Waals surface area contributed by atoms with Crippen LogP contribution >= 0.6 is 0 Å². The number of ether oxygens (including phenoxy) is 1. The van der Waals surface area contributed by atoms with E-state index in [4.69, 9.17) is 9.15 Å². The standard InChI is InChI=1S/C17H16N4O3/c1-23-15-7-3-2-6-13(15)21-16-9-14(19-11-20-16)17(22)18-10-12-5-4-8-24-12/h2-9,11H,10H2,1H3,(H,18,22)(H,19,20,21). The molecular weight excluding hydrogens is 308 g/mol. The average Bonchev–Trinajstić information content (AvgIpc) is 3.14. The molecule has 0 radical (unpaired) electrons. The molecule has 0 aliphatic rings.